The van der Waals surface area contributed by atoms with Gasteiger partial charge >= 0.3 is 0 Å². The van der Waals surface area contributed by atoms with Crippen LogP contribution in [-0.4, -0.2) is 16.8 Å². The van der Waals surface area contributed by atoms with Gasteiger partial charge in [-0.15, -0.1) is 0 Å². The van der Waals surface area contributed by atoms with Crippen LogP contribution in [0.5, 0.6) is 0 Å². The summed E-state index contributed by atoms with van der Waals surface area (Å²) in [4.78, 5) is 16.8. The highest BCUT2D eigenvalue weighted by Crippen LogP contribution is 2.45. The first-order valence-corrected chi connectivity index (χ1v) is 9.60. The van der Waals surface area contributed by atoms with Crippen molar-refractivity contribution in [3.63, 3.8) is 0 Å². The van der Waals surface area contributed by atoms with Crippen LogP contribution in [-0.2, 0) is 10.3 Å². The zero-order valence-electron chi connectivity index (χ0n) is 17.3. The van der Waals surface area contributed by atoms with Crippen LogP contribution < -0.4 is 5.32 Å². The van der Waals surface area contributed by atoms with Crippen molar-refractivity contribution >= 4 is 11.5 Å². The molecule has 0 aromatic carbocycles. The van der Waals surface area contributed by atoms with E-state index in [0.717, 1.165) is 31.4 Å². The molecule has 0 atom stereocenters. The van der Waals surface area contributed by atoms with Gasteiger partial charge in [-0.1, -0.05) is 31.7 Å². The number of hydrogen-bond donors (Lipinski definition) is 1. The molecule has 0 unspecified atom stereocenters. The Bertz CT molecular complexity index is 870. The number of allylic oxidation sites excluding steroid dienone is 6. The summed E-state index contributed by atoms with van der Waals surface area (Å²) >= 11 is 0. The molecular formula is C23H27F3N2O. The van der Waals surface area contributed by atoms with E-state index in [1.54, 1.807) is 31.3 Å². The lowest BCUT2D eigenvalue weighted by Crippen LogP contribution is -2.35. The van der Waals surface area contributed by atoms with Crippen LogP contribution in [0.25, 0.3) is 5.57 Å². The fourth-order valence-electron chi connectivity index (χ4n) is 2.89. The molecule has 3 nitrogen and oxygen atoms in total. The Balaban J connectivity index is 2.20. The van der Waals surface area contributed by atoms with Gasteiger partial charge in [-0.25, -0.2) is 13.2 Å². The molecule has 1 amide bonds. The van der Waals surface area contributed by atoms with E-state index in [4.69, 9.17) is 0 Å². The summed E-state index contributed by atoms with van der Waals surface area (Å²) in [5.41, 5.74) is 0.942. The second kappa shape index (κ2) is 8.80. The number of halogens is 3. The van der Waals surface area contributed by atoms with Crippen molar-refractivity contribution < 1.29 is 18.0 Å². The van der Waals surface area contributed by atoms with E-state index in [2.05, 4.69) is 16.9 Å². The number of amides is 1. The normalized spacial score (nSPS) is 17.1. The van der Waals surface area contributed by atoms with Crippen LogP contribution in [0.4, 0.5) is 13.2 Å². The Morgan fingerprint density at radius 2 is 2.03 bits per heavy atom. The number of hydrogen-bond acceptors (Lipinski definition) is 2. The second-order valence-electron chi connectivity index (χ2n) is 7.38. The molecule has 29 heavy (non-hydrogen) atoms. The minimum atomic E-state index is -3.08. The lowest BCUT2D eigenvalue weighted by atomic mass is 10.0. The van der Waals surface area contributed by atoms with Crippen molar-refractivity contribution in [2.24, 2.45) is 0 Å². The quantitative estimate of drug-likeness (QED) is 0.426. The first-order valence-electron chi connectivity index (χ1n) is 9.60. The fourth-order valence-corrected chi connectivity index (χ4v) is 2.89. The summed E-state index contributed by atoms with van der Waals surface area (Å²) in [6.45, 7) is 9.09. The second-order valence-corrected chi connectivity index (χ2v) is 7.38. The third kappa shape index (κ3) is 5.46. The Labute approximate surface area is 170 Å². The van der Waals surface area contributed by atoms with Crippen molar-refractivity contribution in [3.05, 3.63) is 71.4 Å². The molecule has 2 rings (SSSR count). The number of carbonyl (C=O) groups is 1. The smallest absolute Gasteiger partial charge is 0.269 e. The Hall–Kier alpha value is -2.63. The van der Waals surface area contributed by atoms with Crippen LogP contribution in [0.1, 0.15) is 58.2 Å². The molecule has 0 saturated heterocycles. The van der Waals surface area contributed by atoms with E-state index in [1.165, 1.54) is 6.92 Å². The topological polar surface area (TPSA) is 42.0 Å². The van der Waals surface area contributed by atoms with E-state index in [-0.39, 0.29) is 17.8 Å². The SMILES string of the molecule is C=C(/C=C(\C)C(=O)NC1(c2ccc(C(/C=C\C)=C(\F)CC)nc2)CC1)C(C)(F)F. The van der Waals surface area contributed by atoms with Crippen LogP contribution in [0.3, 0.4) is 0 Å². The van der Waals surface area contributed by atoms with Crippen LogP contribution in [0.2, 0.25) is 0 Å². The molecule has 0 aliphatic heterocycles. The maximum atomic E-state index is 14.1. The highest BCUT2D eigenvalue weighted by atomic mass is 19.3. The van der Waals surface area contributed by atoms with E-state index in [0.29, 0.717) is 11.3 Å². The van der Waals surface area contributed by atoms with Gasteiger partial charge in [-0.05, 0) is 50.8 Å². The van der Waals surface area contributed by atoms with Gasteiger partial charge in [0.2, 0.25) is 5.91 Å². The molecule has 1 aliphatic rings. The number of aromatic nitrogens is 1. The maximum Gasteiger partial charge on any atom is 0.269 e. The molecule has 0 spiro atoms. The summed E-state index contributed by atoms with van der Waals surface area (Å²) in [6.07, 6.45) is 7.89. The molecular weight excluding hydrogens is 377 g/mol. The number of pyridine rings is 1. The van der Waals surface area contributed by atoms with Gasteiger partial charge in [-0.2, -0.15) is 0 Å². The van der Waals surface area contributed by atoms with Crippen molar-refractivity contribution in [2.75, 3.05) is 0 Å². The number of carbonyl (C=O) groups excluding carboxylic acids is 1. The highest BCUT2D eigenvalue weighted by molar-refractivity contribution is 5.94. The largest absolute Gasteiger partial charge is 0.343 e. The fraction of sp³-hybridized carbons (Fsp3) is 0.391. The first kappa shape index (κ1) is 22.7. The highest BCUT2D eigenvalue weighted by Gasteiger charge is 2.46. The zero-order valence-corrected chi connectivity index (χ0v) is 17.3. The van der Waals surface area contributed by atoms with Gasteiger partial charge in [0.15, 0.2) is 0 Å². The molecule has 1 N–H and O–H groups in total. The predicted molar refractivity (Wildman–Crippen MR) is 110 cm³/mol. The van der Waals surface area contributed by atoms with Crippen molar-refractivity contribution in [1.82, 2.24) is 10.3 Å². The van der Waals surface area contributed by atoms with Crippen molar-refractivity contribution in [3.8, 4) is 0 Å². The first-order chi connectivity index (χ1) is 13.5. The predicted octanol–water partition coefficient (Wildman–Crippen LogP) is 6.01. The van der Waals surface area contributed by atoms with Crippen molar-refractivity contribution in [1.29, 1.82) is 0 Å². The van der Waals surface area contributed by atoms with E-state index >= 15 is 0 Å². The molecule has 1 saturated carbocycles. The number of rotatable bonds is 8. The lowest BCUT2D eigenvalue weighted by Gasteiger charge is -2.19. The molecule has 1 heterocycles. The zero-order chi connectivity index (χ0) is 21.8. The molecule has 156 valence electrons. The van der Waals surface area contributed by atoms with E-state index in [9.17, 15) is 18.0 Å². The molecule has 1 fully saturated rings. The van der Waals surface area contributed by atoms with Crippen LogP contribution in [0, 0.1) is 0 Å². The standard InChI is InChI=1S/C23H27F3N2O/c1-6-8-18(19(24)7-2)20-10-9-17(14-27-20)23(11-12-23)28-21(29)15(3)13-16(4)22(5,25)26/h6,8-10,13-14H,4,7,11-12H2,1-3,5H3,(H,28,29)/b8-6-,15-13+,19-18-. The molecule has 0 bridgehead atoms. The van der Waals surface area contributed by atoms with Gasteiger partial charge < -0.3 is 5.32 Å². The van der Waals surface area contributed by atoms with Gasteiger partial charge in [0.1, 0.15) is 5.83 Å². The molecule has 1 aromatic rings. The van der Waals surface area contributed by atoms with Gasteiger partial charge in [-0.3, -0.25) is 9.78 Å². The number of nitrogens with one attached hydrogen (secondary N) is 1. The lowest BCUT2D eigenvalue weighted by molar-refractivity contribution is -0.118. The van der Waals surface area contributed by atoms with Gasteiger partial charge in [0.05, 0.1) is 11.2 Å². The number of alkyl halides is 2. The monoisotopic (exact) mass is 404 g/mol. The Morgan fingerprint density at radius 1 is 1.38 bits per heavy atom. The molecule has 6 heteroatoms. The summed E-state index contributed by atoms with van der Waals surface area (Å²) in [5.74, 6) is -3.75. The van der Waals surface area contributed by atoms with Crippen molar-refractivity contribution in [2.45, 2.75) is 58.4 Å². The third-order valence-electron chi connectivity index (χ3n) is 4.94. The Morgan fingerprint density at radius 3 is 2.48 bits per heavy atom. The third-order valence-corrected chi connectivity index (χ3v) is 4.94. The number of nitrogens with zero attached hydrogens (tertiary/aromatic N) is 1. The average molecular weight is 404 g/mol. The average Bonchev–Trinajstić information content (AvgIpc) is 3.45. The maximum absolute atomic E-state index is 14.1. The minimum absolute atomic E-state index is 0.163. The van der Waals surface area contributed by atoms with Gasteiger partial charge in [0.25, 0.3) is 5.92 Å². The van der Waals surface area contributed by atoms with E-state index in [1.807, 2.05) is 13.0 Å². The minimum Gasteiger partial charge on any atom is -0.343 e. The Kier molecular flexibility index (Phi) is 6.88. The molecule has 0 radical (unpaired) electrons. The summed E-state index contributed by atoms with van der Waals surface area (Å²) in [5, 5.41) is 2.91. The van der Waals surface area contributed by atoms with E-state index < -0.39 is 22.9 Å². The molecule has 1 aliphatic carbocycles. The van der Waals surface area contributed by atoms with Crippen LogP contribution in [0.15, 0.2) is 60.1 Å². The van der Waals surface area contributed by atoms with Gasteiger partial charge in [0, 0.05) is 29.8 Å². The van der Waals surface area contributed by atoms with Crippen LogP contribution >= 0.6 is 0 Å². The summed E-state index contributed by atoms with van der Waals surface area (Å²) in [7, 11) is 0. The summed E-state index contributed by atoms with van der Waals surface area (Å²) < 4.78 is 40.7. The molecule has 1 aromatic heterocycles. The summed E-state index contributed by atoms with van der Waals surface area (Å²) in [6, 6.07) is 3.55.